The second kappa shape index (κ2) is 8.71. The second-order valence-corrected chi connectivity index (χ2v) is 7.06. The minimum Gasteiger partial charge on any atom is -0.491 e. The molecule has 0 aliphatic carbocycles. The van der Waals surface area contributed by atoms with Gasteiger partial charge in [-0.05, 0) is 30.5 Å². The molecule has 3 rings (SSSR count). The van der Waals surface area contributed by atoms with Crippen LogP contribution in [0.5, 0.6) is 5.75 Å². The SMILES string of the molecule is Clc1ncc(CNc2ccccc2OCCCc2ccccc2)s1. The van der Waals surface area contributed by atoms with Crippen molar-refractivity contribution in [1.29, 1.82) is 0 Å². The summed E-state index contributed by atoms with van der Waals surface area (Å²) in [5.41, 5.74) is 2.33. The van der Waals surface area contributed by atoms with Crippen molar-refractivity contribution in [2.24, 2.45) is 0 Å². The highest BCUT2D eigenvalue weighted by molar-refractivity contribution is 7.15. The molecule has 1 heterocycles. The van der Waals surface area contributed by atoms with Gasteiger partial charge < -0.3 is 10.1 Å². The first-order valence-corrected chi connectivity index (χ1v) is 9.10. The first-order chi connectivity index (χ1) is 11.8. The lowest BCUT2D eigenvalue weighted by atomic mass is 10.1. The Morgan fingerprint density at radius 3 is 2.62 bits per heavy atom. The molecule has 0 saturated carbocycles. The summed E-state index contributed by atoms with van der Waals surface area (Å²) in [6.07, 6.45) is 3.81. The summed E-state index contributed by atoms with van der Waals surface area (Å²) < 4.78 is 6.52. The molecule has 1 N–H and O–H groups in total. The van der Waals surface area contributed by atoms with Crippen molar-refractivity contribution < 1.29 is 4.74 Å². The normalized spacial score (nSPS) is 10.5. The van der Waals surface area contributed by atoms with Crippen LogP contribution in [-0.4, -0.2) is 11.6 Å². The van der Waals surface area contributed by atoms with E-state index in [-0.39, 0.29) is 0 Å². The zero-order valence-corrected chi connectivity index (χ0v) is 14.8. The molecule has 0 radical (unpaired) electrons. The maximum Gasteiger partial charge on any atom is 0.183 e. The van der Waals surface area contributed by atoms with Crippen LogP contribution in [0.15, 0.2) is 60.8 Å². The summed E-state index contributed by atoms with van der Waals surface area (Å²) in [5.74, 6) is 0.876. The maximum absolute atomic E-state index is 5.95. The zero-order chi connectivity index (χ0) is 16.6. The molecule has 3 nitrogen and oxygen atoms in total. The molecule has 0 aliphatic rings. The van der Waals surface area contributed by atoms with Gasteiger partial charge in [0.25, 0.3) is 0 Å². The number of hydrogen-bond acceptors (Lipinski definition) is 4. The number of benzene rings is 2. The lowest BCUT2D eigenvalue weighted by Crippen LogP contribution is -2.04. The minimum atomic E-state index is 0.567. The summed E-state index contributed by atoms with van der Waals surface area (Å²) in [7, 11) is 0. The van der Waals surface area contributed by atoms with Gasteiger partial charge in [-0.2, -0.15) is 0 Å². The van der Waals surface area contributed by atoms with Gasteiger partial charge in [-0.15, -0.1) is 11.3 Å². The van der Waals surface area contributed by atoms with Crippen molar-refractivity contribution in [2.75, 3.05) is 11.9 Å². The predicted octanol–water partition coefficient (Wildman–Crippen LogP) is 5.42. The predicted molar refractivity (Wildman–Crippen MR) is 101 cm³/mol. The number of aromatic nitrogens is 1. The molecule has 0 amide bonds. The van der Waals surface area contributed by atoms with Gasteiger partial charge in [-0.3, -0.25) is 0 Å². The standard InChI is InChI=1S/C19H19ClN2OS/c20-19-22-14-16(24-19)13-21-17-10-4-5-11-18(17)23-12-6-9-15-7-2-1-3-8-15/h1-5,7-8,10-11,14,21H,6,9,12-13H2. The molecule has 5 heteroatoms. The number of halogens is 1. The summed E-state index contributed by atoms with van der Waals surface area (Å²) in [5, 5.41) is 3.39. The minimum absolute atomic E-state index is 0.567. The Kier molecular flexibility index (Phi) is 6.10. The fourth-order valence-electron chi connectivity index (χ4n) is 2.39. The van der Waals surface area contributed by atoms with Gasteiger partial charge in [0.15, 0.2) is 4.47 Å². The van der Waals surface area contributed by atoms with Gasteiger partial charge >= 0.3 is 0 Å². The van der Waals surface area contributed by atoms with Crippen molar-refractivity contribution in [1.82, 2.24) is 4.98 Å². The topological polar surface area (TPSA) is 34.2 Å². The Morgan fingerprint density at radius 1 is 1.04 bits per heavy atom. The molecule has 1 aromatic heterocycles. The van der Waals surface area contributed by atoms with E-state index in [0.717, 1.165) is 29.2 Å². The lowest BCUT2D eigenvalue weighted by molar-refractivity contribution is 0.312. The van der Waals surface area contributed by atoms with E-state index in [4.69, 9.17) is 16.3 Å². The molecule has 0 saturated heterocycles. The Labute approximate surface area is 151 Å². The average Bonchev–Trinajstić information content (AvgIpc) is 3.04. The molecule has 0 atom stereocenters. The molecule has 3 aromatic rings. The van der Waals surface area contributed by atoms with Crippen molar-refractivity contribution in [3.8, 4) is 5.75 Å². The Morgan fingerprint density at radius 2 is 1.83 bits per heavy atom. The summed E-state index contributed by atoms with van der Waals surface area (Å²) >= 11 is 7.35. The average molecular weight is 359 g/mol. The van der Waals surface area contributed by atoms with E-state index in [1.165, 1.54) is 16.9 Å². The largest absolute Gasteiger partial charge is 0.491 e. The summed E-state index contributed by atoms with van der Waals surface area (Å²) in [4.78, 5) is 5.15. The number of aryl methyl sites for hydroxylation is 1. The highest BCUT2D eigenvalue weighted by Gasteiger charge is 2.04. The molecule has 24 heavy (non-hydrogen) atoms. The van der Waals surface area contributed by atoms with E-state index in [2.05, 4.69) is 34.6 Å². The van der Waals surface area contributed by atoms with E-state index in [1.54, 1.807) is 6.20 Å². The van der Waals surface area contributed by atoms with Crippen LogP contribution >= 0.6 is 22.9 Å². The Hall–Kier alpha value is -2.04. The van der Waals surface area contributed by atoms with E-state index < -0.39 is 0 Å². The maximum atomic E-state index is 5.95. The van der Waals surface area contributed by atoms with Gasteiger partial charge in [0, 0.05) is 11.1 Å². The summed E-state index contributed by atoms with van der Waals surface area (Å²) in [6, 6.07) is 18.5. The smallest absolute Gasteiger partial charge is 0.183 e. The van der Waals surface area contributed by atoms with Crippen LogP contribution in [0.25, 0.3) is 0 Å². The first kappa shape index (κ1) is 16.8. The van der Waals surface area contributed by atoms with Crippen LogP contribution in [0.3, 0.4) is 0 Å². The second-order valence-electron chi connectivity index (χ2n) is 5.37. The van der Waals surface area contributed by atoms with Crippen LogP contribution in [0.4, 0.5) is 5.69 Å². The van der Waals surface area contributed by atoms with E-state index in [9.17, 15) is 0 Å². The number of nitrogens with zero attached hydrogens (tertiary/aromatic N) is 1. The monoisotopic (exact) mass is 358 g/mol. The van der Waals surface area contributed by atoms with Crippen molar-refractivity contribution in [3.05, 3.63) is 75.7 Å². The molecule has 2 aromatic carbocycles. The third kappa shape index (κ3) is 4.98. The first-order valence-electron chi connectivity index (χ1n) is 7.91. The molecule has 0 spiro atoms. The number of thiazole rings is 1. The molecule has 0 bridgehead atoms. The number of hydrogen-bond donors (Lipinski definition) is 1. The number of rotatable bonds is 8. The Balaban J connectivity index is 1.50. The van der Waals surface area contributed by atoms with Crippen molar-refractivity contribution >= 4 is 28.6 Å². The van der Waals surface area contributed by atoms with Crippen LogP contribution in [0, 0.1) is 0 Å². The van der Waals surface area contributed by atoms with Crippen LogP contribution < -0.4 is 10.1 Å². The van der Waals surface area contributed by atoms with Gasteiger partial charge in [0.2, 0.25) is 0 Å². The van der Waals surface area contributed by atoms with E-state index in [0.29, 0.717) is 17.6 Å². The van der Waals surface area contributed by atoms with Gasteiger partial charge in [0.05, 0.1) is 18.8 Å². The van der Waals surface area contributed by atoms with Crippen LogP contribution in [-0.2, 0) is 13.0 Å². The van der Waals surface area contributed by atoms with Crippen LogP contribution in [0.2, 0.25) is 4.47 Å². The van der Waals surface area contributed by atoms with Gasteiger partial charge in [0.1, 0.15) is 5.75 Å². The lowest BCUT2D eigenvalue weighted by Gasteiger charge is -2.12. The van der Waals surface area contributed by atoms with Crippen LogP contribution in [0.1, 0.15) is 16.9 Å². The number of anilines is 1. The number of para-hydroxylation sites is 2. The highest BCUT2D eigenvalue weighted by Crippen LogP contribution is 2.26. The fraction of sp³-hybridized carbons (Fsp3) is 0.211. The third-order valence-electron chi connectivity index (χ3n) is 3.58. The molecule has 124 valence electrons. The molecule has 0 fully saturated rings. The molecule has 0 unspecified atom stereocenters. The number of nitrogens with one attached hydrogen (secondary N) is 1. The Bertz CT molecular complexity index is 761. The number of ether oxygens (including phenoxy) is 1. The highest BCUT2D eigenvalue weighted by atomic mass is 35.5. The van der Waals surface area contributed by atoms with E-state index >= 15 is 0 Å². The quantitative estimate of drug-likeness (QED) is 0.546. The van der Waals surface area contributed by atoms with E-state index in [1.807, 2.05) is 30.3 Å². The van der Waals surface area contributed by atoms with Crippen molar-refractivity contribution in [2.45, 2.75) is 19.4 Å². The van der Waals surface area contributed by atoms with Crippen molar-refractivity contribution in [3.63, 3.8) is 0 Å². The van der Waals surface area contributed by atoms with Gasteiger partial charge in [-0.25, -0.2) is 4.98 Å². The zero-order valence-electron chi connectivity index (χ0n) is 13.2. The molecular weight excluding hydrogens is 340 g/mol. The third-order valence-corrected chi connectivity index (χ3v) is 4.69. The van der Waals surface area contributed by atoms with Gasteiger partial charge in [-0.1, -0.05) is 54.1 Å². The molecular formula is C19H19ClN2OS. The summed E-state index contributed by atoms with van der Waals surface area (Å²) in [6.45, 7) is 1.38. The fourth-order valence-corrected chi connectivity index (χ4v) is 3.31. The molecule has 0 aliphatic heterocycles.